The minimum Gasteiger partial charge on any atom is -0.496 e. The lowest BCUT2D eigenvalue weighted by molar-refractivity contribution is 0.366. The Morgan fingerprint density at radius 2 is 1.75 bits per heavy atom. The van der Waals surface area contributed by atoms with Crippen molar-refractivity contribution in [2.45, 2.75) is 6.42 Å². The number of ether oxygens (including phenoxy) is 3. The molecule has 0 heterocycles. The summed E-state index contributed by atoms with van der Waals surface area (Å²) in [6, 6.07) is 3.64. The van der Waals surface area contributed by atoms with Gasteiger partial charge in [0.1, 0.15) is 5.75 Å². The van der Waals surface area contributed by atoms with Crippen LogP contribution in [-0.4, -0.2) is 14.2 Å². The molecule has 0 unspecified atom stereocenters. The van der Waals surface area contributed by atoms with E-state index in [2.05, 4.69) is 13.2 Å². The van der Waals surface area contributed by atoms with Crippen LogP contribution in [0.5, 0.6) is 17.2 Å². The predicted molar refractivity (Wildman–Crippen MR) is 64.3 cm³/mol. The van der Waals surface area contributed by atoms with E-state index in [4.69, 9.17) is 14.2 Å². The first-order valence-corrected chi connectivity index (χ1v) is 4.90. The summed E-state index contributed by atoms with van der Waals surface area (Å²) in [5.41, 5.74) is 0.900. The number of hydrogen-bond donors (Lipinski definition) is 0. The molecule has 16 heavy (non-hydrogen) atoms. The smallest absolute Gasteiger partial charge is 0.175 e. The van der Waals surface area contributed by atoms with E-state index < -0.39 is 0 Å². The lowest BCUT2D eigenvalue weighted by Crippen LogP contribution is -1.98. The second kappa shape index (κ2) is 5.85. The van der Waals surface area contributed by atoms with Gasteiger partial charge in [-0.15, -0.1) is 6.58 Å². The standard InChI is InChI=1S/C13H16O3/c1-5-7-10-11(14-3)8-9-12(15-4)13(10)16-6-2/h5-6,8-9H,1-2,7H2,3-4H3. The molecule has 0 bridgehead atoms. The molecule has 3 nitrogen and oxygen atoms in total. The number of methoxy groups -OCH3 is 2. The van der Waals surface area contributed by atoms with Crippen molar-refractivity contribution in [3.63, 3.8) is 0 Å². The summed E-state index contributed by atoms with van der Waals surface area (Å²) in [6.45, 7) is 7.25. The number of rotatable bonds is 6. The Balaban J connectivity index is 3.32. The maximum atomic E-state index is 5.37. The number of benzene rings is 1. The van der Waals surface area contributed by atoms with Crippen molar-refractivity contribution in [2.24, 2.45) is 0 Å². The molecular formula is C13H16O3. The first kappa shape index (κ1) is 12.2. The van der Waals surface area contributed by atoms with Crippen LogP contribution < -0.4 is 14.2 Å². The van der Waals surface area contributed by atoms with Crippen LogP contribution in [0.2, 0.25) is 0 Å². The van der Waals surface area contributed by atoms with E-state index in [1.54, 1.807) is 26.4 Å². The highest BCUT2D eigenvalue weighted by Gasteiger charge is 2.14. The lowest BCUT2D eigenvalue weighted by Gasteiger charge is -2.14. The van der Waals surface area contributed by atoms with Crippen LogP contribution in [0.4, 0.5) is 0 Å². The van der Waals surface area contributed by atoms with Crippen LogP contribution in [0.25, 0.3) is 0 Å². The highest BCUT2D eigenvalue weighted by molar-refractivity contribution is 5.54. The maximum Gasteiger partial charge on any atom is 0.175 e. The van der Waals surface area contributed by atoms with Gasteiger partial charge in [0.25, 0.3) is 0 Å². The summed E-state index contributed by atoms with van der Waals surface area (Å²) in [5, 5.41) is 0. The zero-order chi connectivity index (χ0) is 12.0. The van der Waals surface area contributed by atoms with E-state index >= 15 is 0 Å². The maximum absolute atomic E-state index is 5.37. The molecule has 0 saturated heterocycles. The fourth-order valence-corrected chi connectivity index (χ4v) is 1.49. The quantitative estimate of drug-likeness (QED) is 0.545. The van der Waals surface area contributed by atoms with Crippen molar-refractivity contribution < 1.29 is 14.2 Å². The molecule has 0 atom stereocenters. The summed E-state index contributed by atoms with van der Waals surface area (Å²) in [5.74, 6) is 2.02. The highest BCUT2D eigenvalue weighted by Crippen LogP contribution is 2.38. The van der Waals surface area contributed by atoms with E-state index in [0.717, 1.165) is 11.3 Å². The SMILES string of the molecule is C=CCc1c(OC)ccc(OC)c1OC=C. The summed E-state index contributed by atoms with van der Waals surface area (Å²) in [6.07, 6.45) is 3.79. The molecule has 0 spiro atoms. The first-order valence-electron chi connectivity index (χ1n) is 4.90. The number of allylic oxidation sites excluding steroid dienone is 1. The van der Waals surface area contributed by atoms with Gasteiger partial charge in [0.05, 0.1) is 20.5 Å². The van der Waals surface area contributed by atoms with E-state index in [1.807, 2.05) is 6.07 Å². The Labute approximate surface area is 95.9 Å². The Bertz CT molecular complexity index is 346. The summed E-state index contributed by atoms with van der Waals surface area (Å²) < 4.78 is 15.9. The van der Waals surface area contributed by atoms with Gasteiger partial charge < -0.3 is 14.2 Å². The van der Waals surface area contributed by atoms with Crippen molar-refractivity contribution >= 4 is 0 Å². The Hall–Kier alpha value is -1.90. The zero-order valence-corrected chi connectivity index (χ0v) is 9.66. The third-order valence-electron chi connectivity index (χ3n) is 2.17. The van der Waals surface area contributed by atoms with Crippen molar-refractivity contribution in [1.82, 2.24) is 0 Å². The van der Waals surface area contributed by atoms with Gasteiger partial charge in [-0.05, 0) is 18.6 Å². The van der Waals surface area contributed by atoms with E-state index in [0.29, 0.717) is 17.9 Å². The fraction of sp³-hybridized carbons (Fsp3) is 0.231. The van der Waals surface area contributed by atoms with Crippen LogP contribution in [0, 0.1) is 0 Å². The van der Waals surface area contributed by atoms with Crippen molar-refractivity contribution in [1.29, 1.82) is 0 Å². The van der Waals surface area contributed by atoms with Gasteiger partial charge >= 0.3 is 0 Å². The predicted octanol–water partition coefficient (Wildman–Crippen LogP) is 2.95. The molecule has 1 aromatic rings. The molecule has 0 aromatic heterocycles. The molecule has 0 aliphatic heterocycles. The third-order valence-corrected chi connectivity index (χ3v) is 2.17. The molecule has 0 saturated carbocycles. The van der Waals surface area contributed by atoms with Gasteiger partial charge in [-0.2, -0.15) is 0 Å². The molecule has 0 radical (unpaired) electrons. The highest BCUT2D eigenvalue weighted by atomic mass is 16.5. The van der Waals surface area contributed by atoms with Crippen LogP contribution in [0.1, 0.15) is 5.56 Å². The lowest BCUT2D eigenvalue weighted by atomic mass is 10.1. The van der Waals surface area contributed by atoms with E-state index in [-0.39, 0.29) is 0 Å². The molecule has 3 heteroatoms. The third kappa shape index (κ3) is 2.37. The van der Waals surface area contributed by atoms with Gasteiger partial charge in [-0.1, -0.05) is 12.7 Å². The summed E-state index contributed by atoms with van der Waals surface area (Å²) >= 11 is 0. The monoisotopic (exact) mass is 220 g/mol. The topological polar surface area (TPSA) is 27.7 Å². The minimum atomic E-state index is 0.622. The van der Waals surface area contributed by atoms with Gasteiger partial charge in [-0.25, -0.2) is 0 Å². The van der Waals surface area contributed by atoms with Crippen LogP contribution >= 0.6 is 0 Å². The summed E-state index contributed by atoms with van der Waals surface area (Å²) in [4.78, 5) is 0. The largest absolute Gasteiger partial charge is 0.496 e. The van der Waals surface area contributed by atoms with E-state index in [1.165, 1.54) is 6.26 Å². The molecule has 1 aromatic carbocycles. The first-order chi connectivity index (χ1) is 7.78. The van der Waals surface area contributed by atoms with Gasteiger partial charge in [0.2, 0.25) is 0 Å². The Morgan fingerprint density at radius 1 is 1.12 bits per heavy atom. The van der Waals surface area contributed by atoms with Crippen molar-refractivity contribution in [3.05, 3.63) is 43.2 Å². The second-order valence-electron chi connectivity index (χ2n) is 3.06. The second-order valence-corrected chi connectivity index (χ2v) is 3.06. The molecule has 0 aliphatic carbocycles. The molecule has 0 aliphatic rings. The van der Waals surface area contributed by atoms with Crippen LogP contribution in [0.15, 0.2) is 37.6 Å². The Morgan fingerprint density at radius 3 is 2.25 bits per heavy atom. The average Bonchev–Trinajstić information content (AvgIpc) is 2.31. The van der Waals surface area contributed by atoms with Gasteiger partial charge in [0, 0.05) is 5.56 Å². The molecule has 0 amide bonds. The van der Waals surface area contributed by atoms with Crippen LogP contribution in [0.3, 0.4) is 0 Å². The minimum absolute atomic E-state index is 0.622. The van der Waals surface area contributed by atoms with Crippen LogP contribution in [-0.2, 0) is 6.42 Å². The van der Waals surface area contributed by atoms with Crippen molar-refractivity contribution in [2.75, 3.05) is 14.2 Å². The molecule has 1 rings (SSSR count). The average molecular weight is 220 g/mol. The molecular weight excluding hydrogens is 204 g/mol. The van der Waals surface area contributed by atoms with E-state index in [9.17, 15) is 0 Å². The number of hydrogen-bond acceptors (Lipinski definition) is 3. The zero-order valence-electron chi connectivity index (χ0n) is 9.66. The fourth-order valence-electron chi connectivity index (χ4n) is 1.49. The van der Waals surface area contributed by atoms with Gasteiger partial charge in [-0.3, -0.25) is 0 Å². The summed E-state index contributed by atoms with van der Waals surface area (Å²) in [7, 11) is 3.21. The molecule has 0 fully saturated rings. The normalized spacial score (nSPS) is 9.38. The van der Waals surface area contributed by atoms with Gasteiger partial charge in [0.15, 0.2) is 11.5 Å². The Kier molecular flexibility index (Phi) is 4.45. The molecule has 0 N–H and O–H groups in total. The van der Waals surface area contributed by atoms with Crippen molar-refractivity contribution in [3.8, 4) is 17.2 Å². The molecule has 86 valence electrons.